The van der Waals surface area contributed by atoms with Crippen molar-refractivity contribution in [3.8, 4) is 11.6 Å². The molecule has 0 N–H and O–H groups in total. The molecule has 0 fully saturated rings. The maximum absolute atomic E-state index is 5.29. The summed E-state index contributed by atoms with van der Waals surface area (Å²) in [6.07, 6.45) is 3.08. The lowest BCUT2D eigenvalue weighted by atomic mass is 9.98. The molecular weight excluding hydrogens is 181 g/mol. The van der Waals surface area contributed by atoms with E-state index in [-0.39, 0.29) is 0 Å². The Labute approximate surface area is 80.2 Å². The lowest BCUT2D eigenvalue weighted by Gasteiger charge is -2.16. The van der Waals surface area contributed by atoms with E-state index in [0.717, 1.165) is 5.82 Å². The Kier molecular flexibility index (Phi) is 1.36. The highest BCUT2D eigenvalue weighted by Crippen LogP contribution is 2.20. The Balaban J connectivity index is 2.32. The van der Waals surface area contributed by atoms with Gasteiger partial charge < -0.3 is 4.65 Å². The molecule has 14 heavy (non-hydrogen) atoms. The largest absolute Gasteiger partial charge is 0.552 e. The first-order chi connectivity index (χ1) is 6.86. The van der Waals surface area contributed by atoms with Crippen LogP contribution in [0.4, 0.5) is 0 Å². The van der Waals surface area contributed by atoms with Gasteiger partial charge in [-0.2, -0.15) is 0 Å². The van der Waals surface area contributed by atoms with Gasteiger partial charge in [-0.3, -0.25) is 4.57 Å². The number of aryl methyl sites for hydroxylation is 1. The zero-order valence-electron chi connectivity index (χ0n) is 7.38. The Hall–Kier alpha value is -1.92. The molecule has 0 saturated carbocycles. The fraction of sp³-hybridized carbons (Fsp3) is 0.143. The minimum atomic E-state index is 0.614. The summed E-state index contributed by atoms with van der Waals surface area (Å²) in [6, 6.07) is 0. The summed E-state index contributed by atoms with van der Waals surface area (Å²) in [4.78, 5) is 8.00. The molecule has 1 radical (unpaired) electrons. The molecule has 3 heterocycles. The number of rotatable bonds is 0. The second kappa shape index (κ2) is 2.54. The highest BCUT2D eigenvalue weighted by molar-refractivity contribution is 6.46. The summed E-state index contributed by atoms with van der Waals surface area (Å²) >= 11 is 0. The highest BCUT2D eigenvalue weighted by Gasteiger charge is 2.23. The van der Waals surface area contributed by atoms with Gasteiger partial charge in [0.1, 0.15) is 17.9 Å². The normalized spacial score (nSPS) is 12.4. The Morgan fingerprint density at radius 2 is 2.36 bits per heavy atom. The molecule has 0 saturated heterocycles. The topological polar surface area (TPSA) is 65.7 Å². The molecular formula is C7H5BN5O. The SMILES string of the molecule is Cc1nnc2n1-c1ncncc1O[B]2. The molecule has 0 bridgehead atoms. The van der Waals surface area contributed by atoms with Crippen LogP contribution >= 0.6 is 0 Å². The van der Waals surface area contributed by atoms with E-state index in [2.05, 4.69) is 20.2 Å². The van der Waals surface area contributed by atoms with Crippen LogP contribution in [0.3, 0.4) is 0 Å². The van der Waals surface area contributed by atoms with Crippen LogP contribution in [0.15, 0.2) is 12.5 Å². The van der Waals surface area contributed by atoms with Crippen molar-refractivity contribution in [2.75, 3.05) is 0 Å². The van der Waals surface area contributed by atoms with Crippen molar-refractivity contribution in [3.63, 3.8) is 0 Å². The molecule has 2 aromatic rings. The summed E-state index contributed by atoms with van der Waals surface area (Å²) in [5.74, 6) is 2.07. The lowest BCUT2D eigenvalue weighted by molar-refractivity contribution is 0.574. The molecule has 0 atom stereocenters. The molecule has 0 aromatic carbocycles. The predicted octanol–water partition coefficient (Wildman–Crippen LogP) is -0.997. The minimum Gasteiger partial charge on any atom is -0.552 e. The third-order valence-corrected chi connectivity index (χ3v) is 2.01. The smallest absolute Gasteiger partial charge is 0.453 e. The number of aromatic nitrogens is 5. The fourth-order valence-electron chi connectivity index (χ4n) is 1.39. The fourth-order valence-corrected chi connectivity index (χ4v) is 1.39. The Morgan fingerprint density at radius 1 is 1.43 bits per heavy atom. The quantitative estimate of drug-likeness (QED) is 0.493. The van der Waals surface area contributed by atoms with E-state index in [4.69, 9.17) is 4.65 Å². The van der Waals surface area contributed by atoms with Crippen LogP contribution in [0, 0.1) is 6.92 Å². The van der Waals surface area contributed by atoms with Gasteiger partial charge in [0.25, 0.3) is 0 Å². The highest BCUT2D eigenvalue weighted by atomic mass is 16.4. The summed E-state index contributed by atoms with van der Waals surface area (Å²) in [6.45, 7) is 1.86. The molecule has 0 spiro atoms. The van der Waals surface area contributed by atoms with Crippen molar-refractivity contribution in [2.45, 2.75) is 6.92 Å². The summed E-state index contributed by atoms with van der Waals surface area (Å²) < 4.78 is 7.11. The second-order valence-electron chi connectivity index (χ2n) is 2.89. The number of hydrogen-bond acceptors (Lipinski definition) is 5. The number of nitrogens with zero attached hydrogens (tertiary/aromatic N) is 5. The van der Waals surface area contributed by atoms with Crippen LogP contribution in [0.5, 0.6) is 5.75 Å². The van der Waals surface area contributed by atoms with Crippen LogP contribution in [-0.2, 0) is 0 Å². The van der Waals surface area contributed by atoms with E-state index in [1.54, 1.807) is 6.20 Å². The van der Waals surface area contributed by atoms with E-state index < -0.39 is 0 Å². The van der Waals surface area contributed by atoms with E-state index in [0.29, 0.717) is 17.3 Å². The third kappa shape index (κ3) is 0.861. The van der Waals surface area contributed by atoms with Crippen LogP contribution in [0.25, 0.3) is 5.82 Å². The first-order valence-corrected chi connectivity index (χ1v) is 4.08. The molecule has 2 aromatic heterocycles. The van der Waals surface area contributed by atoms with E-state index in [1.165, 1.54) is 13.8 Å². The predicted molar refractivity (Wildman–Crippen MR) is 47.7 cm³/mol. The molecule has 7 heteroatoms. The van der Waals surface area contributed by atoms with Crippen molar-refractivity contribution in [3.05, 3.63) is 18.3 Å². The summed E-state index contributed by atoms with van der Waals surface area (Å²) in [5, 5.41) is 7.87. The molecule has 1 aliphatic heterocycles. The Bertz CT molecular complexity index is 497. The first kappa shape index (κ1) is 7.49. The van der Waals surface area contributed by atoms with Crippen LogP contribution < -0.4 is 10.4 Å². The van der Waals surface area contributed by atoms with E-state index >= 15 is 0 Å². The van der Waals surface area contributed by atoms with Crippen molar-refractivity contribution >= 4 is 13.2 Å². The van der Waals surface area contributed by atoms with Gasteiger partial charge in [0.15, 0.2) is 11.6 Å². The van der Waals surface area contributed by atoms with E-state index in [9.17, 15) is 0 Å². The zero-order chi connectivity index (χ0) is 9.54. The van der Waals surface area contributed by atoms with Gasteiger partial charge in [-0.15, -0.1) is 10.2 Å². The van der Waals surface area contributed by atoms with Crippen molar-refractivity contribution < 1.29 is 4.65 Å². The molecule has 0 unspecified atom stereocenters. The van der Waals surface area contributed by atoms with E-state index in [1.807, 2.05) is 11.5 Å². The van der Waals surface area contributed by atoms with Crippen molar-refractivity contribution in [1.82, 2.24) is 24.7 Å². The minimum absolute atomic E-state index is 0.614. The maximum atomic E-state index is 5.29. The molecule has 6 nitrogen and oxygen atoms in total. The average molecular weight is 186 g/mol. The molecule has 0 amide bonds. The van der Waals surface area contributed by atoms with Crippen molar-refractivity contribution in [2.24, 2.45) is 0 Å². The van der Waals surface area contributed by atoms with Crippen LogP contribution in [0.1, 0.15) is 5.82 Å². The zero-order valence-corrected chi connectivity index (χ0v) is 7.38. The second-order valence-corrected chi connectivity index (χ2v) is 2.89. The third-order valence-electron chi connectivity index (χ3n) is 2.01. The van der Waals surface area contributed by atoms with Gasteiger partial charge >= 0.3 is 7.48 Å². The van der Waals surface area contributed by atoms with Crippen LogP contribution in [-0.4, -0.2) is 32.2 Å². The molecule has 3 rings (SSSR count). The van der Waals surface area contributed by atoms with Gasteiger partial charge in [0.05, 0.1) is 6.20 Å². The Morgan fingerprint density at radius 3 is 3.29 bits per heavy atom. The van der Waals surface area contributed by atoms with Gasteiger partial charge in [-0.1, -0.05) is 0 Å². The van der Waals surface area contributed by atoms with Gasteiger partial charge in [-0.25, -0.2) is 9.97 Å². The number of fused-ring (bicyclic) bond motifs is 3. The summed E-state index contributed by atoms with van der Waals surface area (Å²) in [5.41, 5.74) is 0.647. The standard InChI is InChI=1S/C7H5BN5O/c1-4-11-12-7-8-14-5-2-9-3-10-6(5)13(4)7/h2-3H,1H3. The van der Waals surface area contributed by atoms with Gasteiger partial charge in [0, 0.05) is 0 Å². The van der Waals surface area contributed by atoms with Gasteiger partial charge in [0.2, 0.25) is 0 Å². The summed E-state index contributed by atoms with van der Waals surface area (Å²) in [7, 11) is 1.53. The van der Waals surface area contributed by atoms with Gasteiger partial charge in [-0.05, 0) is 6.92 Å². The first-order valence-electron chi connectivity index (χ1n) is 4.08. The number of hydrogen-bond donors (Lipinski definition) is 0. The average Bonchev–Trinajstić information content (AvgIpc) is 2.61. The van der Waals surface area contributed by atoms with Crippen LogP contribution in [0.2, 0.25) is 0 Å². The lowest BCUT2D eigenvalue weighted by Crippen LogP contribution is -2.35. The molecule has 0 aliphatic carbocycles. The van der Waals surface area contributed by atoms with Crippen molar-refractivity contribution in [1.29, 1.82) is 0 Å². The maximum Gasteiger partial charge on any atom is 0.453 e. The monoisotopic (exact) mass is 186 g/mol. The molecule has 67 valence electrons. The molecule has 1 aliphatic rings.